The van der Waals surface area contributed by atoms with Gasteiger partial charge in [0, 0.05) is 36.6 Å². The van der Waals surface area contributed by atoms with Gasteiger partial charge in [-0.2, -0.15) is 10.2 Å². The van der Waals surface area contributed by atoms with Crippen molar-refractivity contribution < 1.29 is 19.4 Å². The van der Waals surface area contributed by atoms with Crippen LogP contribution in [0.2, 0.25) is 0 Å². The first kappa shape index (κ1) is 23.2. The van der Waals surface area contributed by atoms with E-state index in [-0.39, 0.29) is 17.4 Å². The average Bonchev–Trinajstić information content (AvgIpc) is 3.26. The maximum Gasteiger partial charge on any atom is 0.335 e. The van der Waals surface area contributed by atoms with Crippen molar-refractivity contribution in [2.24, 2.45) is 0 Å². The van der Waals surface area contributed by atoms with E-state index in [4.69, 9.17) is 4.74 Å². The molecule has 7 heteroatoms. The van der Waals surface area contributed by atoms with E-state index < -0.39 is 5.97 Å². The molecule has 1 amide bonds. The second-order valence-corrected chi connectivity index (χ2v) is 8.90. The number of carbonyl (C=O) groups is 2. The van der Waals surface area contributed by atoms with Gasteiger partial charge in [-0.15, -0.1) is 0 Å². The first-order valence-electron chi connectivity index (χ1n) is 11.7. The summed E-state index contributed by atoms with van der Waals surface area (Å²) in [6.07, 6.45) is 0.455. The molecular formula is C29H25N3O4. The van der Waals surface area contributed by atoms with Gasteiger partial charge < -0.3 is 14.7 Å². The van der Waals surface area contributed by atoms with Crippen LogP contribution >= 0.6 is 0 Å². The number of amides is 1. The van der Waals surface area contributed by atoms with Gasteiger partial charge in [0.2, 0.25) is 5.91 Å². The smallest absolute Gasteiger partial charge is 0.335 e. The van der Waals surface area contributed by atoms with E-state index in [1.54, 1.807) is 29.2 Å². The third kappa shape index (κ3) is 5.10. The number of carboxylic acid groups (broad SMARTS) is 1. The second kappa shape index (κ2) is 10.00. The van der Waals surface area contributed by atoms with Gasteiger partial charge in [0.25, 0.3) is 0 Å². The summed E-state index contributed by atoms with van der Waals surface area (Å²) in [5.74, 6) is 0.131. The zero-order chi connectivity index (χ0) is 25.1. The fourth-order valence-corrected chi connectivity index (χ4v) is 4.37. The molecule has 0 radical (unpaired) electrons. The normalized spacial score (nSPS) is 15.2. The number of hydrogen-bond acceptors (Lipinski definition) is 5. The van der Waals surface area contributed by atoms with Gasteiger partial charge in [0.1, 0.15) is 11.5 Å². The van der Waals surface area contributed by atoms with E-state index in [1.165, 1.54) is 6.07 Å². The van der Waals surface area contributed by atoms with Crippen molar-refractivity contribution >= 4 is 11.9 Å². The van der Waals surface area contributed by atoms with Crippen LogP contribution in [-0.2, 0) is 11.3 Å². The van der Waals surface area contributed by atoms with Crippen LogP contribution in [-0.4, -0.2) is 38.6 Å². The Morgan fingerprint density at radius 2 is 1.78 bits per heavy atom. The van der Waals surface area contributed by atoms with Crippen molar-refractivity contribution in [3.8, 4) is 22.8 Å². The molecular weight excluding hydrogens is 454 g/mol. The van der Waals surface area contributed by atoms with Crippen LogP contribution in [0, 0.1) is 6.92 Å². The topological polar surface area (TPSA) is 92.6 Å². The number of aromatic carboxylic acids is 1. The molecule has 0 aliphatic carbocycles. The number of aryl methyl sites for hydroxylation is 1. The molecule has 1 aliphatic rings. The number of ether oxygens (including phenoxy) is 1. The molecule has 7 nitrogen and oxygen atoms in total. The summed E-state index contributed by atoms with van der Waals surface area (Å²) in [5, 5.41) is 17.8. The van der Waals surface area contributed by atoms with Gasteiger partial charge in [0.15, 0.2) is 0 Å². The first-order valence-corrected chi connectivity index (χ1v) is 11.7. The maximum absolute atomic E-state index is 12.8. The van der Waals surface area contributed by atoms with E-state index in [0.29, 0.717) is 31.0 Å². The molecule has 2 heterocycles. The number of likely N-dealkylation sites (tertiary alicyclic amines) is 1. The van der Waals surface area contributed by atoms with Crippen molar-refractivity contribution in [2.75, 3.05) is 6.54 Å². The minimum Gasteiger partial charge on any atom is -0.478 e. The third-order valence-corrected chi connectivity index (χ3v) is 6.34. The van der Waals surface area contributed by atoms with Crippen LogP contribution in [0.5, 0.6) is 11.5 Å². The van der Waals surface area contributed by atoms with Crippen molar-refractivity contribution in [1.29, 1.82) is 0 Å². The van der Waals surface area contributed by atoms with Crippen LogP contribution in [0.3, 0.4) is 0 Å². The Balaban J connectivity index is 1.37. The standard InChI is InChI=1S/C29H25N3O4/c1-19-7-14-26(31-30-19)21-10-12-25(13-11-21)36-27-15-22(29(34)35)8-9-23(27)17-32-18-24(16-28(32)33)20-5-3-2-4-6-20/h2-15,24H,16-18H2,1H3,(H,34,35)/t24-/m1/s1. The van der Waals surface area contributed by atoms with Crippen LogP contribution in [0.15, 0.2) is 84.9 Å². The molecule has 1 aromatic heterocycles. The zero-order valence-electron chi connectivity index (χ0n) is 19.8. The van der Waals surface area contributed by atoms with Crippen LogP contribution < -0.4 is 4.74 Å². The predicted molar refractivity (Wildman–Crippen MR) is 135 cm³/mol. The van der Waals surface area contributed by atoms with Gasteiger partial charge >= 0.3 is 5.97 Å². The van der Waals surface area contributed by atoms with Crippen LogP contribution in [0.4, 0.5) is 0 Å². The molecule has 1 fully saturated rings. The van der Waals surface area contributed by atoms with E-state index in [2.05, 4.69) is 10.2 Å². The molecule has 1 saturated heterocycles. The summed E-state index contributed by atoms with van der Waals surface area (Å²) >= 11 is 0. The largest absolute Gasteiger partial charge is 0.478 e. The summed E-state index contributed by atoms with van der Waals surface area (Å²) in [4.78, 5) is 26.2. The highest BCUT2D eigenvalue weighted by Crippen LogP contribution is 2.33. The number of carbonyl (C=O) groups excluding carboxylic acids is 1. The van der Waals surface area contributed by atoms with Gasteiger partial charge in [-0.25, -0.2) is 4.79 Å². The average molecular weight is 480 g/mol. The summed E-state index contributed by atoms with van der Waals surface area (Å²) in [6, 6.07) is 26.0. The lowest BCUT2D eigenvalue weighted by molar-refractivity contribution is -0.128. The van der Waals surface area contributed by atoms with Crippen LogP contribution in [0.1, 0.15) is 39.5 Å². The summed E-state index contributed by atoms with van der Waals surface area (Å²) in [5.41, 5.74) is 4.50. The minimum absolute atomic E-state index is 0.0701. The molecule has 3 aromatic carbocycles. The van der Waals surface area contributed by atoms with Gasteiger partial charge in [-0.05, 0) is 61.0 Å². The van der Waals surface area contributed by atoms with Gasteiger partial charge in [-0.1, -0.05) is 36.4 Å². The van der Waals surface area contributed by atoms with Crippen molar-refractivity contribution in [3.63, 3.8) is 0 Å². The Labute approximate surface area is 209 Å². The Hall–Kier alpha value is -4.52. The van der Waals surface area contributed by atoms with E-state index >= 15 is 0 Å². The lowest BCUT2D eigenvalue weighted by Crippen LogP contribution is -2.24. The van der Waals surface area contributed by atoms with Crippen molar-refractivity contribution in [1.82, 2.24) is 15.1 Å². The minimum atomic E-state index is -1.04. The highest BCUT2D eigenvalue weighted by molar-refractivity contribution is 5.88. The molecule has 1 aliphatic heterocycles. The molecule has 0 spiro atoms. The van der Waals surface area contributed by atoms with E-state index in [1.807, 2.05) is 61.5 Å². The number of nitrogens with zero attached hydrogens (tertiary/aromatic N) is 3. The molecule has 1 N–H and O–H groups in total. The maximum atomic E-state index is 12.8. The fraction of sp³-hybridized carbons (Fsp3) is 0.172. The number of aromatic nitrogens is 2. The summed E-state index contributed by atoms with van der Waals surface area (Å²) in [7, 11) is 0. The number of carboxylic acids is 1. The molecule has 0 unspecified atom stereocenters. The van der Waals surface area contributed by atoms with Crippen molar-refractivity contribution in [3.05, 3.63) is 107 Å². The lowest BCUT2D eigenvalue weighted by atomic mass is 9.98. The van der Waals surface area contributed by atoms with Gasteiger partial charge in [-0.3, -0.25) is 4.79 Å². The Kier molecular flexibility index (Phi) is 6.45. The lowest BCUT2D eigenvalue weighted by Gasteiger charge is -2.20. The van der Waals surface area contributed by atoms with Crippen molar-refractivity contribution in [2.45, 2.75) is 25.8 Å². The van der Waals surface area contributed by atoms with Crippen LogP contribution in [0.25, 0.3) is 11.3 Å². The van der Waals surface area contributed by atoms with Gasteiger partial charge in [0.05, 0.1) is 17.0 Å². The number of rotatable bonds is 7. The quantitative estimate of drug-likeness (QED) is 0.378. The SMILES string of the molecule is Cc1ccc(-c2ccc(Oc3cc(C(=O)O)ccc3CN3C[C@H](c4ccccc4)CC3=O)cc2)nn1. The number of benzene rings is 3. The highest BCUT2D eigenvalue weighted by atomic mass is 16.5. The van der Waals surface area contributed by atoms with E-state index in [9.17, 15) is 14.7 Å². The third-order valence-electron chi connectivity index (χ3n) is 6.34. The number of hydrogen-bond donors (Lipinski definition) is 1. The predicted octanol–water partition coefficient (Wildman–Crippen LogP) is 5.46. The second-order valence-electron chi connectivity index (χ2n) is 8.90. The molecule has 5 rings (SSSR count). The monoisotopic (exact) mass is 479 g/mol. The Bertz CT molecular complexity index is 1390. The molecule has 180 valence electrons. The first-order chi connectivity index (χ1) is 17.5. The molecule has 36 heavy (non-hydrogen) atoms. The zero-order valence-corrected chi connectivity index (χ0v) is 19.8. The summed E-state index contributed by atoms with van der Waals surface area (Å²) in [6.45, 7) is 2.83. The Morgan fingerprint density at radius 3 is 2.47 bits per heavy atom. The molecule has 0 bridgehead atoms. The molecule has 0 saturated carbocycles. The summed E-state index contributed by atoms with van der Waals surface area (Å²) < 4.78 is 6.13. The molecule has 1 atom stereocenters. The highest BCUT2D eigenvalue weighted by Gasteiger charge is 2.31. The Morgan fingerprint density at radius 1 is 1.00 bits per heavy atom. The molecule has 4 aromatic rings. The van der Waals surface area contributed by atoms with E-state index in [0.717, 1.165) is 28.1 Å². The fourth-order valence-electron chi connectivity index (χ4n) is 4.37.